The Morgan fingerprint density at radius 3 is 2.53 bits per heavy atom. The summed E-state index contributed by atoms with van der Waals surface area (Å²) in [6.45, 7) is 2.23. The van der Waals surface area contributed by atoms with Crippen molar-refractivity contribution in [2.24, 2.45) is 5.92 Å². The van der Waals surface area contributed by atoms with Crippen LogP contribution in [0.2, 0.25) is 0 Å². The van der Waals surface area contributed by atoms with Crippen molar-refractivity contribution in [3.8, 4) is 5.75 Å². The van der Waals surface area contributed by atoms with E-state index in [0.29, 0.717) is 5.75 Å². The molecular formula is C15H19Br2NO. The van der Waals surface area contributed by atoms with E-state index in [4.69, 9.17) is 0 Å². The van der Waals surface area contributed by atoms with Gasteiger partial charge in [0, 0.05) is 12.6 Å². The molecule has 0 radical (unpaired) electrons. The Hall–Kier alpha value is -0.0600. The molecule has 4 heteroatoms. The third kappa shape index (κ3) is 2.86. The van der Waals surface area contributed by atoms with E-state index in [-0.39, 0.29) is 0 Å². The maximum atomic E-state index is 9.77. The first-order valence-corrected chi connectivity index (χ1v) is 8.64. The van der Waals surface area contributed by atoms with Crippen molar-refractivity contribution in [2.75, 3.05) is 6.54 Å². The summed E-state index contributed by atoms with van der Waals surface area (Å²) in [6.07, 6.45) is 6.96. The Morgan fingerprint density at radius 1 is 1.11 bits per heavy atom. The number of rotatable bonds is 2. The fourth-order valence-electron chi connectivity index (χ4n) is 3.64. The van der Waals surface area contributed by atoms with Crippen molar-refractivity contribution in [3.63, 3.8) is 0 Å². The van der Waals surface area contributed by atoms with Gasteiger partial charge in [0.2, 0.25) is 0 Å². The summed E-state index contributed by atoms with van der Waals surface area (Å²) in [5.74, 6) is 1.22. The molecule has 1 aromatic carbocycles. The van der Waals surface area contributed by atoms with Crippen LogP contribution in [0, 0.1) is 5.92 Å². The van der Waals surface area contributed by atoms with E-state index < -0.39 is 0 Å². The summed E-state index contributed by atoms with van der Waals surface area (Å²) in [5.41, 5.74) is 1.27. The summed E-state index contributed by atoms with van der Waals surface area (Å²) in [5, 5.41) is 9.77. The van der Waals surface area contributed by atoms with Gasteiger partial charge in [-0.2, -0.15) is 0 Å². The monoisotopic (exact) mass is 387 g/mol. The predicted octanol–water partition coefficient (Wildman–Crippen LogP) is 4.68. The molecule has 0 bridgehead atoms. The smallest absolute Gasteiger partial charge is 0.143 e. The minimum atomic E-state index is 0.292. The summed E-state index contributed by atoms with van der Waals surface area (Å²) in [6, 6.07) is 4.87. The molecule has 0 spiro atoms. The van der Waals surface area contributed by atoms with E-state index in [1.807, 2.05) is 12.1 Å². The third-order valence-corrected chi connectivity index (χ3v) is 5.80. The molecule has 1 saturated carbocycles. The number of likely N-dealkylation sites (tertiary alicyclic amines) is 1. The maximum absolute atomic E-state index is 9.77. The van der Waals surface area contributed by atoms with Gasteiger partial charge in [-0.25, -0.2) is 0 Å². The van der Waals surface area contributed by atoms with Crippen molar-refractivity contribution in [1.82, 2.24) is 4.90 Å². The number of fused-ring (bicyclic) bond motifs is 1. The molecule has 19 heavy (non-hydrogen) atoms. The van der Waals surface area contributed by atoms with Gasteiger partial charge in [0.25, 0.3) is 0 Å². The molecule has 1 saturated heterocycles. The predicted molar refractivity (Wildman–Crippen MR) is 84.3 cm³/mol. The van der Waals surface area contributed by atoms with E-state index in [9.17, 15) is 5.11 Å². The second-order valence-electron chi connectivity index (χ2n) is 5.78. The number of halogens is 2. The maximum Gasteiger partial charge on any atom is 0.143 e. The van der Waals surface area contributed by atoms with Crippen LogP contribution < -0.4 is 0 Å². The highest BCUT2D eigenvalue weighted by Gasteiger charge is 2.35. The molecule has 104 valence electrons. The fraction of sp³-hybridized carbons (Fsp3) is 0.600. The molecule has 2 unspecified atom stereocenters. The average Bonchev–Trinajstić information content (AvgIpc) is 2.79. The Bertz CT molecular complexity index is 454. The number of phenolic OH excluding ortho intramolecular Hbond substituents is 1. The Morgan fingerprint density at radius 2 is 1.79 bits per heavy atom. The van der Waals surface area contributed by atoms with Crippen molar-refractivity contribution in [2.45, 2.75) is 44.7 Å². The standard InChI is InChI=1S/C15H19Br2NO/c16-12-7-10(8-13(17)15(12)19)9-18-6-5-11-3-1-2-4-14(11)18/h7-8,11,14,19H,1-6,9H2. The van der Waals surface area contributed by atoms with Gasteiger partial charge in [-0.05, 0) is 81.3 Å². The molecule has 1 heterocycles. The highest BCUT2D eigenvalue weighted by atomic mass is 79.9. The number of hydrogen-bond donors (Lipinski definition) is 1. The summed E-state index contributed by atoms with van der Waals surface area (Å²) < 4.78 is 1.55. The van der Waals surface area contributed by atoms with Gasteiger partial charge in [0.15, 0.2) is 0 Å². The zero-order valence-corrected chi connectivity index (χ0v) is 14.1. The van der Waals surface area contributed by atoms with E-state index in [2.05, 4.69) is 36.8 Å². The quantitative estimate of drug-likeness (QED) is 0.794. The first-order chi connectivity index (χ1) is 9.15. The number of aromatic hydroxyl groups is 1. The molecule has 2 aliphatic rings. The van der Waals surface area contributed by atoms with Crippen molar-refractivity contribution in [3.05, 3.63) is 26.6 Å². The largest absolute Gasteiger partial charge is 0.506 e. The second kappa shape index (κ2) is 5.74. The van der Waals surface area contributed by atoms with E-state index in [1.54, 1.807) is 0 Å². The highest BCUT2D eigenvalue weighted by Crippen LogP contribution is 2.38. The van der Waals surface area contributed by atoms with E-state index >= 15 is 0 Å². The van der Waals surface area contributed by atoms with Crippen LogP contribution in [0.4, 0.5) is 0 Å². The van der Waals surface area contributed by atoms with Crippen LogP contribution in [0.5, 0.6) is 5.75 Å². The van der Waals surface area contributed by atoms with Crippen molar-refractivity contribution < 1.29 is 5.11 Å². The topological polar surface area (TPSA) is 23.5 Å². The van der Waals surface area contributed by atoms with E-state index in [1.165, 1.54) is 44.2 Å². The Balaban J connectivity index is 1.75. The van der Waals surface area contributed by atoms with Gasteiger partial charge in [-0.3, -0.25) is 4.90 Å². The Labute approximate surface area is 131 Å². The van der Waals surface area contributed by atoms with Crippen LogP contribution in [0.15, 0.2) is 21.1 Å². The molecule has 2 fully saturated rings. The van der Waals surface area contributed by atoms with Crippen LogP contribution in [0.1, 0.15) is 37.7 Å². The third-order valence-electron chi connectivity index (χ3n) is 4.59. The molecule has 3 rings (SSSR count). The zero-order valence-electron chi connectivity index (χ0n) is 10.9. The number of nitrogens with zero attached hydrogens (tertiary/aromatic N) is 1. The first-order valence-electron chi connectivity index (χ1n) is 7.06. The summed E-state index contributed by atoms with van der Waals surface area (Å²) >= 11 is 6.83. The fourth-order valence-corrected chi connectivity index (χ4v) is 4.92. The molecule has 1 aliphatic carbocycles. The van der Waals surface area contributed by atoms with E-state index in [0.717, 1.165) is 27.4 Å². The average molecular weight is 389 g/mol. The normalized spacial score (nSPS) is 27.5. The van der Waals surface area contributed by atoms with Gasteiger partial charge in [-0.1, -0.05) is 12.8 Å². The molecule has 0 amide bonds. The van der Waals surface area contributed by atoms with Crippen LogP contribution in [0.3, 0.4) is 0 Å². The van der Waals surface area contributed by atoms with Crippen molar-refractivity contribution >= 4 is 31.9 Å². The molecular weight excluding hydrogens is 370 g/mol. The summed E-state index contributed by atoms with van der Waals surface area (Å²) in [4.78, 5) is 2.63. The van der Waals surface area contributed by atoms with Gasteiger partial charge in [-0.15, -0.1) is 0 Å². The lowest BCUT2D eigenvalue weighted by Gasteiger charge is -2.31. The zero-order chi connectivity index (χ0) is 13.4. The SMILES string of the molecule is Oc1c(Br)cc(CN2CCC3CCCCC32)cc1Br. The first kappa shape index (κ1) is 13.9. The minimum Gasteiger partial charge on any atom is -0.506 e. The molecule has 1 aromatic rings. The van der Waals surface area contributed by atoms with Crippen LogP contribution in [-0.2, 0) is 6.54 Å². The lowest BCUT2D eigenvalue weighted by molar-refractivity contribution is 0.176. The molecule has 1 N–H and O–H groups in total. The lowest BCUT2D eigenvalue weighted by atomic mass is 9.85. The van der Waals surface area contributed by atoms with Crippen LogP contribution >= 0.6 is 31.9 Å². The second-order valence-corrected chi connectivity index (χ2v) is 7.49. The molecule has 2 atom stereocenters. The van der Waals surface area contributed by atoms with Gasteiger partial charge < -0.3 is 5.11 Å². The number of benzene rings is 1. The molecule has 1 aliphatic heterocycles. The Kier molecular flexibility index (Phi) is 4.20. The summed E-state index contributed by atoms with van der Waals surface area (Å²) in [7, 11) is 0. The highest BCUT2D eigenvalue weighted by molar-refractivity contribution is 9.11. The number of hydrogen-bond acceptors (Lipinski definition) is 2. The number of phenols is 1. The van der Waals surface area contributed by atoms with Crippen LogP contribution in [0.25, 0.3) is 0 Å². The molecule has 0 aromatic heterocycles. The van der Waals surface area contributed by atoms with Crippen LogP contribution in [-0.4, -0.2) is 22.6 Å². The molecule has 2 nitrogen and oxygen atoms in total. The van der Waals surface area contributed by atoms with Gasteiger partial charge in [0.1, 0.15) is 5.75 Å². The minimum absolute atomic E-state index is 0.292. The lowest BCUT2D eigenvalue weighted by Crippen LogP contribution is -2.34. The van der Waals surface area contributed by atoms with Gasteiger partial charge in [0.05, 0.1) is 8.95 Å². The van der Waals surface area contributed by atoms with Gasteiger partial charge >= 0.3 is 0 Å². The van der Waals surface area contributed by atoms with Crippen molar-refractivity contribution in [1.29, 1.82) is 0 Å².